The van der Waals surface area contributed by atoms with Gasteiger partial charge in [-0.2, -0.15) is 5.26 Å². The molecule has 1 saturated carbocycles. The first-order valence-corrected chi connectivity index (χ1v) is 10.1. The second-order valence-electron chi connectivity index (χ2n) is 8.06. The fourth-order valence-corrected chi connectivity index (χ4v) is 3.95. The molecule has 3 atom stereocenters. The van der Waals surface area contributed by atoms with Gasteiger partial charge in [-0.25, -0.2) is 0 Å². The number of rotatable bonds is 6. The summed E-state index contributed by atoms with van der Waals surface area (Å²) in [5, 5.41) is 16.2. The third-order valence-electron chi connectivity index (χ3n) is 5.37. The number of aromatic amines is 1. The molecule has 1 fully saturated rings. The van der Waals surface area contributed by atoms with E-state index in [1.54, 1.807) is 0 Å². The molecule has 6 heteroatoms. The van der Waals surface area contributed by atoms with Gasteiger partial charge in [-0.15, -0.1) is 0 Å². The second kappa shape index (κ2) is 8.92. The van der Waals surface area contributed by atoms with E-state index in [-0.39, 0.29) is 23.8 Å². The number of carbonyl (C=O) groups is 2. The summed E-state index contributed by atoms with van der Waals surface area (Å²) >= 11 is 0. The van der Waals surface area contributed by atoms with Crippen LogP contribution in [-0.4, -0.2) is 28.9 Å². The van der Waals surface area contributed by atoms with Crippen molar-refractivity contribution in [3.8, 4) is 6.07 Å². The number of para-hydroxylation sites is 1. The van der Waals surface area contributed by atoms with Gasteiger partial charge in [0.05, 0.1) is 12.0 Å². The maximum atomic E-state index is 12.8. The third-order valence-corrected chi connectivity index (χ3v) is 5.37. The van der Waals surface area contributed by atoms with Crippen LogP contribution >= 0.6 is 0 Å². The van der Waals surface area contributed by atoms with Crippen molar-refractivity contribution in [2.24, 2.45) is 11.8 Å². The number of fused-ring (bicyclic) bond motifs is 1. The molecule has 3 unspecified atom stereocenters. The molecule has 28 heavy (non-hydrogen) atoms. The molecule has 1 aliphatic rings. The van der Waals surface area contributed by atoms with Crippen LogP contribution in [0.3, 0.4) is 0 Å². The molecule has 2 aromatic rings. The molecule has 0 saturated heterocycles. The summed E-state index contributed by atoms with van der Waals surface area (Å²) in [6.45, 7) is 4.06. The van der Waals surface area contributed by atoms with Crippen molar-refractivity contribution < 1.29 is 9.59 Å². The van der Waals surface area contributed by atoms with Crippen LogP contribution in [0.15, 0.2) is 30.3 Å². The van der Waals surface area contributed by atoms with Crippen molar-refractivity contribution in [2.75, 3.05) is 0 Å². The number of benzene rings is 1. The standard InChI is InChI=1S/C22H28N4O2/c1-14(2)11-16(13-23)24-21(27)17-8-4-6-10-19(17)26-22(28)20-12-15-7-3-5-9-18(15)25-20/h3,5,7,9,12,14,16-17,19,25H,4,6,8,10-11H2,1-2H3,(H,24,27)(H,26,28). The SMILES string of the molecule is CC(C)CC(C#N)NC(=O)C1CCCCC1NC(=O)c1cc2ccccc2[nH]1. The number of nitriles is 1. The minimum Gasteiger partial charge on any atom is -0.351 e. The van der Waals surface area contributed by atoms with Crippen molar-refractivity contribution in [1.29, 1.82) is 5.26 Å². The van der Waals surface area contributed by atoms with Crippen LogP contribution in [0.4, 0.5) is 0 Å². The van der Waals surface area contributed by atoms with E-state index in [4.69, 9.17) is 0 Å². The molecule has 148 valence electrons. The van der Waals surface area contributed by atoms with Gasteiger partial charge in [-0.05, 0) is 37.3 Å². The van der Waals surface area contributed by atoms with E-state index < -0.39 is 6.04 Å². The van der Waals surface area contributed by atoms with E-state index in [9.17, 15) is 14.9 Å². The summed E-state index contributed by atoms with van der Waals surface area (Å²) in [6.07, 6.45) is 4.06. The monoisotopic (exact) mass is 380 g/mol. The minimum atomic E-state index is -0.487. The maximum Gasteiger partial charge on any atom is 0.267 e. The number of H-pyrrole nitrogens is 1. The molecule has 0 radical (unpaired) electrons. The molecule has 0 aliphatic heterocycles. The smallest absolute Gasteiger partial charge is 0.267 e. The summed E-state index contributed by atoms with van der Waals surface area (Å²) in [6, 6.07) is 11.0. The Bertz CT molecular complexity index is 847. The molecule has 1 aromatic carbocycles. The largest absolute Gasteiger partial charge is 0.351 e. The number of carbonyl (C=O) groups excluding carboxylic acids is 2. The summed E-state index contributed by atoms with van der Waals surface area (Å²) < 4.78 is 0. The van der Waals surface area contributed by atoms with E-state index in [1.807, 2.05) is 44.2 Å². The highest BCUT2D eigenvalue weighted by Gasteiger charge is 2.33. The zero-order chi connectivity index (χ0) is 20.1. The zero-order valence-corrected chi connectivity index (χ0v) is 16.5. The molecule has 1 heterocycles. The first kappa shape index (κ1) is 19.9. The van der Waals surface area contributed by atoms with Crippen molar-refractivity contribution in [1.82, 2.24) is 15.6 Å². The van der Waals surface area contributed by atoms with E-state index in [0.29, 0.717) is 18.0 Å². The van der Waals surface area contributed by atoms with Crippen molar-refractivity contribution in [2.45, 2.75) is 58.0 Å². The molecule has 2 amide bonds. The fourth-order valence-electron chi connectivity index (χ4n) is 3.95. The summed E-state index contributed by atoms with van der Waals surface area (Å²) in [4.78, 5) is 28.7. The Kier molecular flexibility index (Phi) is 6.35. The Hall–Kier alpha value is -2.81. The highest BCUT2D eigenvalue weighted by Crippen LogP contribution is 2.26. The lowest BCUT2D eigenvalue weighted by Gasteiger charge is -2.31. The van der Waals surface area contributed by atoms with Crippen molar-refractivity contribution in [3.63, 3.8) is 0 Å². The minimum absolute atomic E-state index is 0.131. The zero-order valence-electron chi connectivity index (χ0n) is 16.5. The first-order valence-electron chi connectivity index (χ1n) is 10.1. The average molecular weight is 380 g/mol. The number of aromatic nitrogens is 1. The van der Waals surface area contributed by atoms with Gasteiger partial charge < -0.3 is 15.6 Å². The Morgan fingerprint density at radius 3 is 2.71 bits per heavy atom. The first-order chi connectivity index (χ1) is 13.5. The molecule has 1 aromatic heterocycles. The molecular weight excluding hydrogens is 352 g/mol. The lowest BCUT2D eigenvalue weighted by molar-refractivity contribution is -0.127. The van der Waals surface area contributed by atoms with Crippen LogP contribution in [0.25, 0.3) is 10.9 Å². The van der Waals surface area contributed by atoms with Gasteiger partial charge in [0.15, 0.2) is 0 Å². The van der Waals surface area contributed by atoms with E-state index in [2.05, 4.69) is 21.7 Å². The Morgan fingerprint density at radius 2 is 2.00 bits per heavy atom. The van der Waals surface area contributed by atoms with Crippen LogP contribution in [0.5, 0.6) is 0 Å². The molecular formula is C22H28N4O2. The van der Waals surface area contributed by atoms with Gasteiger partial charge in [0, 0.05) is 16.9 Å². The third kappa shape index (κ3) is 4.72. The molecule has 0 spiro atoms. The Labute approximate surface area is 165 Å². The number of hydrogen-bond acceptors (Lipinski definition) is 3. The highest BCUT2D eigenvalue weighted by atomic mass is 16.2. The van der Waals surface area contributed by atoms with Gasteiger partial charge in [0.2, 0.25) is 5.91 Å². The predicted octanol–water partition coefficient (Wildman–Crippen LogP) is 3.51. The van der Waals surface area contributed by atoms with Gasteiger partial charge in [0.1, 0.15) is 11.7 Å². The molecule has 0 bridgehead atoms. The number of nitrogens with zero attached hydrogens (tertiary/aromatic N) is 1. The summed E-state index contributed by atoms with van der Waals surface area (Å²) in [7, 11) is 0. The number of nitrogens with one attached hydrogen (secondary N) is 3. The Balaban J connectivity index is 1.67. The van der Waals surface area contributed by atoms with E-state index in [1.165, 1.54) is 0 Å². The summed E-state index contributed by atoms with van der Waals surface area (Å²) in [5.41, 5.74) is 1.41. The summed E-state index contributed by atoms with van der Waals surface area (Å²) in [5.74, 6) is -0.298. The molecule has 3 N–H and O–H groups in total. The second-order valence-corrected chi connectivity index (χ2v) is 8.06. The maximum absolute atomic E-state index is 12.8. The predicted molar refractivity (Wildman–Crippen MR) is 109 cm³/mol. The van der Waals surface area contributed by atoms with Crippen molar-refractivity contribution in [3.05, 3.63) is 36.0 Å². The van der Waals surface area contributed by atoms with Gasteiger partial charge in [-0.1, -0.05) is 44.9 Å². The van der Waals surface area contributed by atoms with Crippen LogP contribution in [0.2, 0.25) is 0 Å². The van der Waals surface area contributed by atoms with E-state index in [0.717, 1.165) is 36.6 Å². The average Bonchev–Trinajstić information content (AvgIpc) is 3.12. The highest BCUT2D eigenvalue weighted by molar-refractivity contribution is 5.98. The lowest BCUT2D eigenvalue weighted by atomic mass is 9.83. The lowest BCUT2D eigenvalue weighted by Crippen LogP contribution is -2.50. The van der Waals surface area contributed by atoms with Gasteiger partial charge in [-0.3, -0.25) is 9.59 Å². The topological polar surface area (TPSA) is 97.8 Å². The molecule has 6 nitrogen and oxygen atoms in total. The molecule has 3 rings (SSSR count). The quantitative estimate of drug-likeness (QED) is 0.715. The number of amides is 2. The van der Waals surface area contributed by atoms with E-state index >= 15 is 0 Å². The van der Waals surface area contributed by atoms with Gasteiger partial charge >= 0.3 is 0 Å². The number of hydrogen-bond donors (Lipinski definition) is 3. The molecule has 1 aliphatic carbocycles. The Morgan fingerprint density at radius 1 is 1.25 bits per heavy atom. The van der Waals surface area contributed by atoms with Crippen LogP contribution < -0.4 is 10.6 Å². The van der Waals surface area contributed by atoms with Crippen LogP contribution in [0.1, 0.15) is 56.4 Å². The fraction of sp³-hybridized carbons (Fsp3) is 0.500. The normalized spacial score (nSPS) is 20.5. The van der Waals surface area contributed by atoms with Gasteiger partial charge in [0.25, 0.3) is 5.91 Å². The van der Waals surface area contributed by atoms with Crippen molar-refractivity contribution >= 4 is 22.7 Å². The van der Waals surface area contributed by atoms with Crippen LogP contribution in [-0.2, 0) is 4.79 Å². The van der Waals surface area contributed by atoms with Crippen LogP contribution in [0, 0.1) is 23.2 Å².